The summed E-state index contributed by atoms with van der Waals surface area (Å²) in [5.74, 6) is 6.57. The fourth-order valence-corrected chi connectivity index (χ4v) is 3.91. The van der Waals surface area contributed by atoms with Gasteiger partial charge in [0.25, 0.3) is 0 Å². The monoisotopic (exact) mass is 307 g/mol. The summed E-state index contributed by atoms with van der Waals surface area (Å²) < 4.78 is 31.8. The van der Waals surface area contributed by atoms with Crippen molar-refractivity contribution in [2.75, 3.05) is 13.7 Å². The van der Waals surface area contributed by atoms with E-state index in [-0.39, 0.29) is 11.8 Å². The maximum absolute atomic E-state index is 12.1. The Balaban J connectivity index is 1.87. The van der Waals surface area contributed by atoms with Crippen molar-refractivity contribution in [3.8, 4) is 17.6 Å². The van der Waals surface area contributed by atoms with Gasteiger partial charge >= 0.3 is 0 Å². The Hall–Kier alpha value is -1.51. The molecule has 4 nitrogen and oxygen atoms in total. The topological polar surface area (TPSA) is 55.4 Å². The van der Waals surface area contributed by atoms with E-state index in [4.69, 9.17) is 4.74 Å². The summed E-state index contributed by atoms with van der Waals surface area (Å²) in [5.41, 5.74) is 0.840. The van der Waals surface area contributed by atoms with Gasteiger partial charge in [-0.25, -0.2) is 13.1 Å². The first-order valence-corrected chi connectivity index (χ1v) is 8.78. The maximum Gasteiger partial charge on any atom is 0.215 e. The molecule has 0 atom stereocenters. The van der Waals surface area contributed by atoms with Crippen LogP contribution in [-0.2, 0) is 10.0 Å². The SMILES string of the molecule is COc1ccc(C#CCNS(=O)(=O)C2CCCCC2)cc1. The molecule has 2 rings (SSSR count). The zero-order valence-electron chi connectivity index (χ0n) is 12.3. The molecule has 114 valence electrons. The molecule has 1 saturated carbocycles. The quantitative estimate of drug-likeness (QED) is 0.868. The van der Waals surface area contributed by atoms with Gasteiger partial charge in [-0.1, -0.05) is 31.1 Å². The van der Waals surface area contributed by atoms with Gasteiger partial charge in [-0.2, -0.15) is 0 Å². The van der Waals surface area contributed by atoms with E-state index >= 15 is 0 Å². The molecule has 1 aromatic rings. The summed E-state index contributed by atoms with van der Waals surface area (Å²) in [6.45, 7) is 0.158. The number of methoxy groups -OCH3 is 1. The Morgan fingerprint density at radius 1 is 1.19 bits per heavy atom. The zero-order valence-corrected chi connectivity index (χ0v) is 13.1. The third-order valence-electron chi connectivity index (χ3n) is 3.68. The average molecular weight is 307 g/mol. The number of benzene rings is 1. The first kappa shape index (κ1) is 15.9. The number of rotatable bonds is 4. The zero-order chi connectivity index (χ0) is 15.1. The van der Waals surface area contributed by atoms with Crippen LogP contribution in [0.5, 0.6) is 5.75 Å². The van der Waals surface area contributed by atoms with Crippen LogP contribution in [-0.4, -0.2) is 27.3 Å². The molecular formula is C16H21NO3S. The Morgan fingerprint density at radius 2 is 1.86 bits per heavy atom. The van der Waals surface area contributed by atoms with Crippen molar-refractivity contribution >= 4 is 10.0 Å². The molecule has 5 heteroatoms. The van der Waals surface area contributed by atoms with Crippen molar-refractivity contribution in [1.29, 1.82) is 0 Å². The third kappa shape index (κ3) is 4.76. The number of hydrogen-bond acceptors (Lipinski definition) is 3. The molecule has 0 aromatic heterocycles. The fourth-order valence-electron chi connectivity index (χ4n) is 2.45. The highest BCUT2D eigenvalue weighted by molar-refractivity contribution is 7.90. The summed E-state index contributed by atoms with van der Waals surface area (Å²) >= 11 is 0. The third-order valence-corrected chi connectivity index (χ3v) is 5.57. The van der Waals surface area contributed by atoms with Gasteiger partial charge in [0.05, 0.1) is 18.9 Å². The minimum atomic E-state index is -3.22. The van der Waals surface area contributed by atoms with Crippen LogP contribution in [0.15, 0.2) is 24.3 Å². The van der Waals surface area contributed by atoms with Crippen LogP contribution in [0.1, 0.15) is 37.7 Å². The lowest BCUT2D eigenvalue weighted by atomic mass is 10.0. The molecule has 1 fully saturated rings. The van der Waals surface area contributed by atoms with Crippen molar-refractivity contribution in [1.82, 2.24) is 4.72 Å². The van der Waals surface area contributed by atoms with Crippen LogP contribution in [0.4, 0.5) is 0 Å². The van der Waals surface area contributed by atoms with Crippen molar-refractivity contribution in [2.45, 2.75) is 37.4 Å². The van der Waals surface area contributed by atoms with E-state index in [9.17, 15) is 8.42 Å². The van der Waals surface area contributed by atoms with Gasteiger partial charge in [-0.15, -0.1) is 0 Å². The van der Waals surface area contributed by atoms with Crippen molar-refractivity contribution in [3.63, 3.8) is 0 Å². The van der Waals surface area contributed by atoms with E-state index in [0.29, 0.717) is 0 Å². The van der Waals surface area contributed by atoms with Crippen molar-refractivity contribution in [3.05, 3.63) is 29.8 Å². The number of nitrogens with one attached hydrogen (secondary N) is 1. The fraction of sp³-hybridized carbons (Fsp3) is 0.500. The van der Waals surface area contributed by atoms with Crippen LogP contribution in [0.25, 0.3) is 0 Å². The minimum Gasteiger partial charge on any atom is -0.497 e. The Bertz CT molecular complexity index is 605. The van der Waals surface area contributed by atoms with Crippen molar-refractivity contribution in [2.24, 2.45) is 0 Å². The normalized spacial score (nSPS) is 16.0. The lowest BCUT2D eigenvalue weighted by Crippen LogP contribution is -2.35. The van der Waals surface area contributed by atoms with Crippen LogP contribution in [0.2, 0.25) is 0 Å². The molecule has 21 heavy (non-hydrogen) atoms. The summed E-state index contributed by atoms with van der Waals surface area (Å²) in [7, 11) is -1.61. The Kier molecular flexibility index (Phi) is 5.66. The van der Waals surface area contributed by atoms with E-state index < -0.39 is 10.0 Å². The number of ether oxygens (including phenoxy) is 1. The predicted molar refractivity (Wildman–Crippen MR) is 83.7 cm³/mol. The molecule has 0 aliphatic heterocycles. The molecular weight excluding hydrogens is 286 g/mol. The van der Waals surface area contributed by atoms with E-state index in [2.05, 4.69) is 16.6 Å². The summed E-state index contributed by atoms with van der Waals surface area (Å²) in [4.78, 5) is 0. The number of sulfonamides is 1. The molecule has 0 amide bonds. The van der Waals surface area contributed by atoms with Crippen LogP contribution < -0.4 is 9.46 Å². The van der Waals surface area contributed by atoms with Crippen LogP contribution >= 0.6 is 0 Å². The van der Waals surface area contributed by atoms with E-state index in [1.807, 2.05) is 24.3 Å². The van der Waals surface area contributed by atoms with Gasteiger partial charge in [-0.3, -0.25) is 0 Å². The summed E-state index contributed by atoms with van der Waals surface area (Å²) in [5, 5.41) is -0.242. The van der Waals surface area contributed by atoms with Gasteiger partial charge < -0.3 is 4.74 Å². The molecule has 1 aliphatic rings. The maximum atomic E-state index is 12.1. The first-order chi connectivity index (χ1) is 10.1. The van der Waals surface area contributed by atoms with Crippen molar-refractivity contribution < 1.29 is 13.2 Å². The average Bonchev–Trinajstić information content (AvgIpc) is 2.53. The minimum absolute atomic E-state index is 0.158. The Labute approximate surface area is 126 Å². The first-order valence-electron chi connectivity index (χ1n) is 7.23. The lowest BCUT2D eigenvalue weighted by Gasteiger charge is -2.21. The molecule has 1 N–H and O–H groups in total. The number of hydrogen-bond donors (Lipinski definition) is 1. The molecule has 0 saturated heterocycles. The molecule has 1 aromatic carbocycles. The lowest BCUT2D eigenvalue weighted by molar-refractivity contribution is 0.415. The highest BCUT2D eigenvalue weighted by Crippen LogP contribution is 2.22. The van der Waals surface area contributed by atoms with Gasteiger partial charge in [0.1, 0.15) is 5.75 Å². The molecule has 0 unspecified atom stereocenters. The smallest absolute Gasteiger partial charge is 0.215 e. The van der Waals surface area contributed by atoms with E-state index in [1.165, 1.54) is 0 Å². The molecule has 0 radical (unpaired) electrons. The summed E-state index contributed by atoms with van der Waals surface area (Å²) in [6.07, 6.45) is 4.68. The highest BCUT2D eigenvalue weighted by Gasteiger charge is 2.26. The second kappa shape index (κ2) is 7.48. The highest BCUT2D eigenvalue weighted by atomic mass is 32.2. The molecule has 1 aliphatic carbocycles. The largest absolute Gasteiger partial charge is 0.497 e. The predicted octanol–water partition coefficient (Wildman–Crippen LogP) is 2.30. The van der Waals surface area contributed by atoms with Gasteiger partial charge in [0.15, 0.2) is 0 Å². The Morgan fingerprint density at radius 3 is 2.48 bits per heavy atom. The molecule has 0 heterocycles. The molecule has 0 bridgehead atoms. The van der Waals surface area contributed by atoms with Gasteiger partial charge in [-0.05, 0) is 37.1 Å². The van der Waals surface area contributed by atoms with Gasteiger partial charge in [0.2, 0.25) is 10.0 Å². The standard InChI is InChI=1S/C16H21NO3S/c1-20-15-11-9-14(10-12-15)6-5-13-17-21(18,19)16-7-3-2-4-8-16/h9-12,16-17H,2-4,7-8,13H2,1H3. The van der Waals surface area contributed by atoms with Gasteiger partial charge in [0, 0.05) is 5.56 Å². The van der Waals surface area contributed by atoms with E-state index in [0.717, 1.165) is 43.4 Å². The summed E-state index contributed by atoms with van der Waals surface area (Å²) in [6, 6.07) is 7.36. The second-order valence-corrected chi connectivity index (χ2v) is 7.20. The van der Waals surface area contributed by atoms with E-state index in [1.54, 1.807) is 7.11 Å². The van der Waals surface area contributed by atoms with Crippen LogP contribution in [0.3, 0.4) is 0 Å². The second-order valence-electron chi connectivity index (χ2n) is 5.16. The molecule has 0 spiro atoms. The van der Waals surface area contributed by atoms with Crippen LogP contribution in [0, 0.1) is 11.8 Å².